The van der Waals surface area contributed by atoms with E-state index in [0.29, 0.717) is 12.3 Å². The van der Waals surface area contributed by atoms with Gasteiger partial charge in [-0.1, -0.05) is 6.07 Å². The van der Waals surface area contributed by atoms with Gasteiger partial charge in [0.15, 0.2) is 0 Å². The predicted octanol–water partition coefficient (Wildman–Crippen LogP) is 2.39. The van der Waals surface area contributed by atoms with Gasteiger partial charge >= 0.3 is 0 Å². The van der Waals surface area contributed by atoms with Crippen molar-refractivity contribution in [3.8, 4) is 17.0 Å². The summed E-state index contributed by atoms with van der Waals surface area (Å²) in [6.07, 6.45) is 3.77. The highest BCUT2D eigenvalue weighted by molar-refractivity contribution is 5.70. The molecule has 0 atom stereocenters. The monoisotopic (exact) mass is 270 g/mol. The van der Waals surface area contributed by atoms with Gasteiger partial charge in [0.1, 0.15) is 11.4 Å². The zero-order valence-corrected chi connectivity index (χ0v) is 12.1. The van der Waals surface area contributed by atoms with Crippen LogP contribution in [0.15, 0.2) is 23.1 Å². The summed E-state index contributed by atoms with van der Waals surface area (Å²) in [6.45, 7) is 4.68. The molecule has 1 aliphatic heterocycles. The van der Waals surface area contributed by atoms with Gasteiger partial charge in [0.25, 0.3) is 5.56 Å². The molecule has 0 saturated heterocycles. The average molecular weight is 270 g/mol. The van der Waals surface area contributed by atoms with Crippen LogP contribution in [0.5, 0.6) is 5.75 Å². The standard InChI is InChI=1S/C16H18N2O2/c1-10-6-7-13(15-12(10)5-4-8-20-15)14-16(19)18(3)9-11(2)17-14/h6-7,9H,4-5,8H2,1-3H3. The topological polar surface area (TPSA) is 44.1 Å². The number of nitrogens with zero attached hydrogens (tertiary/aromatic N) is 2. The Kier molecular flexibility index (Phi) is 3.08. The molecule has 0 N–H and O–H groups in total. The molecule has 3 rings (SSSR count). The average Bonchev–Trinajstić information content (AvgIpc) is 2.44. The maximum atomic E-state index is 12.3. The second-order valence-corrected chi connectivity index (χ2v) is 5.34. The Labute approximate surface area is 118 Å². The summed E-state index contributed by atoms with van der Waals surface area (Å²) in [5.41, 5.74) is 4.45. The van der Waals surface area contributed by atoms with Crippen molar-refractivity contribution >= 4 is 0 Å². The summed E-state index contributed by atoms with van der Waals surface area (Å²) in [5, 5.41) is 0. The molecule has 0 saturated carbocycles. The number of ether oxygens (including phenoxy) is 1. The van der Waals surface area contributed by atoms with Crippen molar-refractivity contribution in [1.82, 2.24) is 9.55 Å². The Hall–Kier alpha value is -2.10. The molecule has 0 radical (unpaired) electrons. The van der Waals surface area contributed by atoms with E-state index in [9.17, 15) is 4.79 Å². The first-order chi connectivity index (χ1) is 9.58. The van der Waals surface area contributed by atoms with Crippen molar-refractivity contribution in [3.05, 3.63) is 45.5 Å². The number of hydrogen-bond acceptors (Lipinski definition) is 3. The molecule has 0 spiro atoms. The van der Waals surface area contributed by atoms with Crippen molar-refractivity contribution in [2.45, 2.75) is 26.7 Å². The van der Waals surface area contributed by atoms with E-state index in [1.807, 2.05) is 19.1 Å². The van der Waals surface area contributed by atoms with E-state index in [-0.39, 0.29) is 5.56 Å². The smallest absolute Gasteiger partial charge is 0.276 e. The molecule has 4 heteroatoms. The van der Waals surface area contributed by atoms with E-state index in [1.165, 1.54) is 11.1 Å². The minimum absolute atomic E-state index is 0.0872. The fourth-order valence-corrected chi connectivity index (χ4v) is 2.75. The minimum Gasteiger partial charge on any atom is -0.493 e. The molecule has 0 bridgehead atoms. The lowest BCUT2D eigenvalue weighted by Gasteiger charge is -2.22. The van der Waals surface area contributed by atoms with Gasteiger partial charge < -0.3 is 9.30 Å². The molecule has 104 valence electrons. The van der Waals surface area contributed by atoms with Crippen molar-refractivity contribution in [2.75, 3.05) is 6.61 Å². The Morgan fingerprint density at radius 1 is 1.30 bits per heavy atom. The normalized spacial score (nSPS) is 13.8. The third-order valence-electron chi connectivity index (χ3n) is 3.76. The van der Waals surface area contributed by atoms with E-state index in [4.69, 9.17) is 4.74 Å². The molecule has 1 aromatic heterocycles. The van der Waals surface area contributed by atoms with Gasteiger partial charge in [-0.2, -0.15) is 0 Å². The van der Waals surface area contributed by atoms with Crippen LogP contribution in [0.2, 0.25) is 0 Å². The lowest BCUT2D eigenvalue weighted by Crippen LogP contribution is -2.21. The zero-order valence-electron chi connectivity index (χ0n) is 12.1. The van der Waals surface area contributed by atoms with Crippen LogP contribution in [0, 0.1) is 13.8 Å². The van der Waals surface area contributed by atoms with E-state index in [2.05, 4.69) is 11.9 Å². The highest BCUT2D eigenvalue weighted by Gasteiger charge is 2.20. The zero-order chi connectivity index (χ0) is 14.3. The molecular formula is C16H18N2O2. The van der Waals surface area contributed by atoms with Crippen molar-refractivity contribution in [1.29, 1.82) is 0 Å². The summed E-state index contributed by atoms with van der Waals surface area (Å²) >= 11 is 0. The van der Waals surface area contributed by atoms with Crippen LogP contribution >= 0.6 is 0 Å². The number of aryl methyl sites for hydroxylation is 3. The summed E-state index contributed by atoms with van der Waals surface area (Å²) < 4.78 is 7.41. The van der Waals surface area contributed by atoms with Crippen LogP contribution < -0.4 is 10.3 Å². The van der Waals surface area contributed by atoms with Gasteiger partial charge in [0.2, 0.25) is 0 Å². The number of benzene rings is 1. The largest absolute Gasteiger partial charge is 0.493 e. The highest BCUT2D eigenvalue weighted by atomic mass is 16.5. The van der Waals surface area contributed by atoms with Gasteiger partial charge in [0.05, 0.1) is 12.3 Å². The predicted molar refractivity (Wildman–Crippen MR) is 78.2 cm³/mol. The van der Waals surface area contributed by atoms with Crippen LogP contribution in [0.4, 0.5) is 0 Å². The molecule has 2 heterocycles. The highest BCUT2D eigenvalue weighted by Crippen LogP contribution is 2.36. The molecular weight excluding hydrogens is 252 g/mol. The van der Waals surface area contributed by atoms with Crippen molar-refractivity contribution < 1.29 is 4.74 Å². The number of fused-ring (bicyclic) bond motifs is 1. The molecule has 1 aromatic carbocycles. The van der Waals surface area contributed by atoms with Crippen LogP contribution in [0.25, 0.3) is 11.3 Å². The van der Waals surface area contributed by atoms with E-state index in [0.717, 1.165) is 29.8 Å². The minimum atomic E-state index is -0.0872. The second kappa shape index (κ2) is 4.78. The number of hydrogen-bond donors (Lipinski definition) is 0. The number of rotatable bonds is 1. The molecule has 20 heavy (non-hydrogen) atoms. The molecule has 4 nitrogen and oxygen atoms in total. The lowest BCUT2D eigenvalue weighted by atomic mass is 9.96. The SMILES string of the molecule is Cc1cn(C)c(=O)c(-c2ccc(C)c3c2OCCC3)n1. The quantitative estimate of drug-likeness (QED) is 0.799. The van der Waals surface area contributed by atoms with Crippen LogP contribution in [0.3, 0.4) is 0 Å². The Morgan fingerprint density at radius 2 is 2.10 bits per heavy atom. The van der Waals surface area contributed by atoms with Crippen molar-refractivity contribution in [3.63, 3.8) is 0 Å². The van der Waals surface area contributed by atoms with Crippen molar-refractivity contribution in [2.24, 2.45) is 7.05 Å². The maximum Gasteiger partial charge on any atom is 0.276 e. The summed E-state index contributed by atoms with van der Waals surface area (Å²) in [6, 6.07) is 4.00. The summed E-state index contributed by atoms with van der Waals surface area (Å²) in [4.78, 5) is 16.8. The summed E-state index contributed by atoms with van der Waals surface area (Å²) in [7, 11) is 1.75. The van der Waals surface area contributed by atoms with Gasteiger partial charge in [-0.05, 0) is 43.9 Å². The first-order valence-corrected chi connectivity index (χ1v) is 6.88. The Bertz CT molecular complexity index is 732. The number of aromatic nitrogens is 2. The van der Waals surface area contributed by atoms with Gasteiger partial charge in [-0.25, -0.2) is 4.98 Å². The van der Waals surface area contributed by atoms with Crippen LogP contribution in [-0.4, -0.2) is 16.2 Å². The lowest BCUT2D eigenvalue weighted by molar-refractivity contribution is 0.289. The van der Waals surface area contributed by atoms with E-state index >= 15 is 0 Å². The molecule has 2 aromatic rings. The first-order valence-electron chi connectivity index (χ1n) is 6.88. The Morgan fingerprint density at radius 3 is 2.90 bits per heavy atom. The van der Waals surface area contributed by atoms with E-state index in [1.54, 1.807) is 17.8 Å². The maximum absolute atomic E-state index is 12.3. The first kappa shape index (κ1) is 12.9. The summed E-state index contributed by atoms with van der Waals surface area (Å²) in [5.74, 6) is 0.839. The van der Waals surface area contributed by atoms with Gasteiger partial charge in [0, 0.05) is 18.8 Å². The van der Waals surface area contributed by atoms with E-state index < -0.39 is 0 Å². The molecule has 0 amide bonds. The molecule has 1 aliphatic rings. The fourth-order valence-electron chi connectivity index (χ4n) is 2.75. The van der Waals surface area contributed by atoms with Crippen LogP contribution in [0.1, 0.15) is 23.2 Å². The van der Waals surface area contributed by atoms with Gasteiger partial charge in [-0.15, -0.1) is 0 Å². The van der Waals surface area contributed by atoms with Crippen LogP contribution in [-0.2, 0) is 13.5 Å². The van der Waals surface area contributed by atoms with Gasteiger partial charge in [-0.3, -0.25) is 4.79 Å². The molecule has 0 fully saturated rings. The fraction of sp³-hybridized carbons (Fsp3) is 0.375. The third kappa shape index (κ3) is 2.01. The Balaban J connectivity index is 2.29. The molecule has 0 aliphatic carbocycles. The molecule has 0 unspecified atom stereocenters. The third-order valence-corrected chi connectivity index (χ3v) is 3.76. The second-order valence-electron chi connectivity index (χ2n) is 5.34.